The van der Waals surface area contributed by atoms with Crippen molar-refractivity contribution in [2.45, 2.75) is 44.2 Å². The lowest BCUT2D eigenvalue weighted by atomic mass is 10.1. The third kappa shape index (κ3) is 2.71. The third-order valence-corrected chi connectivity index (χ3v) is 5.12. The second-order valence-corrected chi connectivity index (χ2v) is 7.31. The minimum atomic E-state index is -0.775. The van der Waals surface area contributed by atoms with Crippen LogP contribution in [0.4, 0.5) is 5.82 Å². The Hall–Kier alpha value is -2.14. The van der Waals surface area contributed by atoms with Gasteiger partial charge in [-0.1, -0.05) is 0 Å². The van der Waals surface area contributed by atoms with Gasteiger partial charge in [-0.05, 0) is 13.8 Å². The summed E-state index contributed by atoms with van der Waals surface area (Å²) in [4.78, 5) is 27.0. The zero-order valence-electron chi connectivity index (χ0n) is 15.1. The number of hydrogen-bond acceptors (Lipinski definition) is 9. The zero-order valence-corrected chi connectivity index (χ0v) is 15.1. The monoisotopic (exact) mass is 375 g/mol. The molecule has 3 aliphatic rings. The average Bonchev–Trinajstić information content (AvgIpc) is 3.32. The summed E-state index contributed by atoms with van der Waals surface area (Å²) < 4.78 is 25.0. The van der Waals surface area contributed by atoms with Gasteiger partial charge >= 0.3 is 0 Å². The van der Waals surface area contributed by atoms with Crippen molar-refractivity contribution in [3.63, 3.8) is 0 Å². The van der Waals surface area contributed by atoms with E-state index in [2.05, 4.69) is 19.9 Å². The molecule has 5 rings (SSSR count). The number of imidazole rings is 1. The van der Waals surface area contributed by atoms with Crippen molar-refractivity contribution in [2.24, 2.45) is 0 Å². The molecule has 0 bridgehead atoms. The number of aromatic nitrogens is 4. The number of morpholine rings is 1. The molecule has 0 radical (unpaired) electrons. The molecule has 0 N–H and O–H groups in total. The Labute approximate surface area is 155 Å². The molecule has 0 amide bonds. The molecule has 10 nitrogen and oxygen atoms in total. The molecule has 5 heterocycles. The molecule has 3 fully saturated rings. The Kier molecular flexibility index (Phi) is 3.90. The maximum atomic E-state index is 11.5. The van der Waals surface area contributed by atoms with E-state index in [1.165, 1.54) is 6.33 Å². The lowest BCUT2D eigenvalue weighted by molar-refractivity contribution is -0.194. The highest BCUT2D eigenvalue weighted by atomic mass is 16.8. The van der Waals surface area contributed by atoms with Crippen molar-refractivity contribution in [1.82, 2.24) is 19.5 Å². The van der Waals surface area contributed by atoms with Crippen LogP contribution in [0.15, 0.2) is 12.7 Å². The van der Waals surface area contributed by atoms with Crippen LogP contribution in [0, 0.1) is 0 Å². The summed E-state index contributed by atoms with van der Waals surface area (Å²) in [5.74, 6) is -0.00406. The number of carbonyl (C=O) groups is 1. The van der Waals surface area contributed by atoms with Crippen LogP contribution in [0.5, 0.6) is 0 Å². The van der Waals surface area contributed by atoms with Gasteiger partial charge in [-0.2, -0.15) is 0 Å². The molecular formula is C17H21N5O5. The van der Waals surface area contributed by atoms with Gasteiger partial charge in [0.05, 0.1) is 19.5 Å². The van der Waals surface area contributed by atoms with Crippen LogP contribution >= 0.6 is 0 Å². The van der Waals surface area contributed by atoms with Gasteiger partial charge in [0.15, 0.2) is 35.3 Å². The average molecular weight is 375 g/mol. The van der Waals surface area contributed by atoms with E-state index in [0.29, 0.717) is 24.4 Å². The number of rotatable bonds is 3. The minimum Gasteiger partial charge on any atom is -0.378 e. The Morgan fingerprint density at radius 1 is 1.15 bits per heavy atom. The fraction of sp³-hybridized carbons (Fsp3) is 0.647. The van der Waals surface area contributed by atoms with Crippen molar-refractivity contribution in [2.75, 3.05) is 31.2 Å². The maximum absolute atomic E-state index is 11.5. The third-order valence-electron chi connectivity index (χ3n) is 5.12. The highest BCUT2D eigenvalue weighted by Gasteiger charge is 2.56. The van der Waals surface area contributed by atoms with Gasteiger partial charge in [-0.15, -0.1) is 0 Å². The lowest BCUT2D eigenvalue weighted by Crippen LogP contribution is -2.37. The number of carbonyl (C=O) groups excluding carboxylic acids is 1. The maximum Gasteiger partial charge on any atom is 0.167 e. The standard InChI is InChI=1S/C17H21N5O5/c1-17(2)26-12-10(7-23)25-16(13(12)27-17)22-9-20-11-14(18-8-19-15(11)22)21-3-5-24-6-4-21/h7-10,12-13,16H,3-6H2,1-2H3/t10-,12-,13-,16-/m1/s1. The summed E-state index contributed by atoms with van der Waals surface area (Å²) in [7, 11) is 0. The van der Waals surface area contributed by atoms with Crippen LogP contribution in [0.25, 0.3) is 11.2 Å². The molecule has 10 heteroatoms. The van der Waals surface area contributed by atoms with Gasteiger partial charge in [0.1, 0.15) is 24.6 Å². The normalized spacial score (nSPS) is 32.7. The van der Waals surface area contributed by atoms with Gasteiger partial charge < -0.3 is 28.6 Å². The lowest BCUT2D eigenvalue weighted by Gasteiger charge is -2.27. The molecule has 0 unspecified atom stereocenters. The van der Waals surface area contributed by atoms with Crippen LogP contribution in [-0.2, 0) is 23.7 Å². The molecule has 0 spiro atoms. The molecule has 4 atom stereocenters. The highest BCUT2D eigenvalue weighted by molar-refractivity contribution is 5.83. The molecule has 3 aliphatic heterocycles. The fourth-order valence-corrected chi connectivity index (χ4v) is 3.97. The Balaban J connectivity index is 1.53. The summed E-state index contributed by atoms with van der Waals surface area (Å²) in [5, 5.41) is 0. The topological polar surface area (TPSA) is 101 Å². The van der Waals surface area contributed by atoms with Gasteiger partial charge in [0, 0.05) is 13.1 Å². The van der Waals surface area contributed by atoms with E-state index in [1.807, 2.05) is 13.8 Å². The van der Waals surface area contributed by atoms with E-state index >= 15 is 0 Å². The van der Waals surface area contributed by atoms with Gasteiger partial charge in [-0.25, -0.2) is 15.0 Å². The van der Waals surface area contributed by atoms with E-state index in [-0.39, 0.29) is 0 Å². The van der Waals surface area contributed by atoms with Crippen molar-refractivity contribution in [1.29, 1.82) is 0 Å². The Morgan fingerprint density at radius 3 is 2.70 bits per heavy atom. The number of hydrogen-bond donors (Lipinski definition) is 0. The number of ether oxygens (including phenoxy) is 4. The van der Waals surface area contributed by atoms with Gasteiger partial charge in [0.25, 0.3) is 0 Å². The Bertz CT molecular complexity index is 865. The quantitative estimate of drug-likeness (QED) is 0.700. The summed E-state index contributed by atoms with van der Waals surface area (Å²) in [5.41, 5.74) is 1.32. The first-order chi connectivity index (χ1) is 13.1. The molecule has 0 aromatic carbocycles. The first kappa shape index (κ1) is 17.0. The van der Waals surface area contributed by atoms with Crippen LogP contribution in [-0.4, -0.2) is 76.2 Å². The second-order valence-electron chi connectivity index (χ2n) is 7.31. The van der Waals surface area contributed by atoms with E-state index in [9.17, 15) is 4.79 Å². The molecule has 2 aromatic heterocycles. The van der Waals surface area contributed by atoms with Crippen LogP contribution in [0.3, 0.4) is 0 Å². The fourth-order valence-electron chi connectivity index (χ4n) is 3.97. The SMILES string of the molecule is CC1(C)O[C@@H]2[C@H](O1)[C@@H](C=O)O[C@H]2n1cnc2c(N3CCOCC3)ncnc21. The molecule has 0 saturated carbocycles. The van der Waals surface area contributed by atoms with Gasteiger partial charge in [0.2, 0.25) is 0 Å². The number of nitrogens with zero attached hydrogens (tertiary/aromatic N) is 5. The number of aldehydes is 1. The molecule has 3 saturated heterocycles. The summed E-state index contributed by atoms with van der Waals surface area (Å²) >= 11 is 0. The van der Waals surface area contributed by atoms with Crippen LogP contribution in [0.2, 0.25) is 0 Å². The van der Waals surface area contributed by atoms with Crippen molar-refractivity contribution < 1.29 is 23.7 Å². The largest absolute Gasteiger partial charge is 0.378 e. The van der Waals surface area contributed by atoms with E-state index in [1.54, 1.807) is 10.9 Å². The predicted octanol–water partition coefficient (Wildman–Crippen LogP) is 0.279. The van der Waals surface area contributed by atoms with E-state index in [0.717, 1.165) is 25.2 Å². The molecule has 27 heavy (non-hydrogen) atoms. The van der Waals surface area contributed by atoms with Crippen LogP contribution < -0.4 is 4.90 Å². The molecule has 144 valence electrons. The first-order valence-electron chi connectivity index (χ1n) is 9.04. The van der Waals surface area contributed by atoms with Crippen molar-refractivity contribution in [3.05, 3.63) is 12.7 Å². The summed E-state index contributed by atoms with van der Waals surface area (Å²) in [6.45, 7) is 6.47. The number of fused-ring (bicyclic) bond motifs is 2. The van der Waals surface area contributed by atoms with Crippen molar-refractivity contribution in [3.8, 4) is 0 Å². The molecular weight excluding hydrogens is 354 g/mol. The highest BCUT2D eigenvalue weighted by Crippen LogP contribution is 2.43. The summed E-state index contributed by atoms with van der Waals surface area (Å²) in [6, 6.07) is 0. The predicted molar refractivity (Wildman–Crippen MR) is 92.2 cm³/mol. The summed E-state index contributed by atoms with van der Waals surface area (Å²) in [6.07, 6.45) is 1.81. The minimum absolute atomic E-state index is 0.422. The first-order valence-corrected chi connectivity index (χ1v) is 9.04. The number of anilines is 1. The molecule has 0 aliphatic carbocycles. The van der Waals surface area contributed by atoms with E-state index < -0.39 is 30.3 Å². The van der Waals surface area contributed by atoms with E-state index in [4.69, 9.17) is 18.9 Å². The van der Waals surface area contributed by atoms with Crippen LogP contribution in [0.1, 0.15) is 20.1 Å². The molecule has 2 aromatic rings. The zero-order chi connectivity index (χ0) is 18.6. The second kappa shape index (κ2) is 6.20. The smallest absolute Gasteiger partial charge is 0.167 e. The Morgan fingerprint density at radius 2 is 1.93 bits per heavy atom. The van der Waals surface area contributed by atoms with Gasteiger partial charge in [-0.3, -0.25) is 4.57 Å². The van der Waals surface area contributed by atoms with Crippen molar-refractivity contribution >= 4 is 23.3 Å².